The summed E-state index contributed by atoms with van der Waals surface area (Å²) in [6, 6.07) is 5.59. The van der Waals surface area contributed by atoms with E-state index in [9.17, 15) is 9.00 Å². The van der Waals surface area contributed by atoms with Crippen LogP contribution >= 0.6 is 0 Å². The number of amides is 1. The molecule has 74 valence electrons. The molecule has 3 nitrogen and oxygen atoms in total. The number of rotatable bonds is 0. The Morgan fingerprint density at radius 1 is 1.43 bits per heavy atom. The molecule has 0 fully saturated rings. The van der Waals surface area contributed by atoms with Gasteiger partial charge in [0.2, 0.25) is 5.91 Å². The molecule has 1 amide bonds. The minimum atomic E-state index is -1.05. The van der Waals surface area contributed by atoms with Crippen molar-refractivity contribution in [2.45, 2.75) is 18.2 Å². The first-order valence-electron chi connectivity index (χ1n) is 4.46. The van der Waals surface area contributed by atoms with Gasteiger partial charge in [-0.15, -0.1) is 0 Å². The number of hydrogen-bond donors (Lipinski definition) is 1. The minimum Gasteiger partial charge on any atom is -0.325 e. The highest BCUT2D eigenvalue weighted by atomic mass is 32.2. The van der Waals surface area contributed by atoms with Gasteiger partial charge in [0.25, 0.3) is 0 Å². The van der Waals surface area contributed by atoms with Gasteiger partial charge in [-0.3, -0.25) is 9.00 Å². The van der Waals surface area contributed by atoms with Crippen LogP contribution in [0.5, 0.6) is 0 Å². The lowest BCUT2D eigenvalue weighted by Crippen LogP contribution is -2.10. The number of fused-ring (bicyclic) bond motifs is 1. The normalized spacial score (nSPS) is 20.9. The number of anilines is 1. The molecule has 1 atom stereocenters. The second-order valence-electron chi connectivity index (χ2n) is 3.35. The highest BCUT2D eigenvalue weighted by Gasteiger charge is 2.17. The van der Waals surface area contributed by atoms with E-state index in [1.807, 2.05) is 25.1 Å². The molecule has 1 aliphatic rings. The third-order valence-corrected chi connectivity index (χ3v) is 3.57. The molecule has 0 aromatic heterocycles. The molecule has 1 aliphatic heterocycles. The molecule has 0 spiro atoms. The van der Waals surface area contributed by atoms with Crippen LogP contribution in [-0.4, -0.2) is 15.9 Å². The second kappa shape index (κ2) is 3.53. The van der Waals surface area contributed by atoms with Crippen molar-refractivity contribution in [2.75, 3.05) is 11.1 Å². The maximum absolute atomic E-state index is 11.7. The van der Waals surface area contributed by atoms with Gasteiger partial charge in [0, 0.05) is 12.2 Å². The maximum Gasteiger partial charge on any atom is 0.225 e. The van der Waals surface area contributed by atoms with Gasteiger partial charge in [-0.1, -0.05) is 6.07 Å². The zero-order valence-electron chi connectivity index (χ0n) is 7.87. The van der Waals surface area contributed by atoms with Crippen LogP contribution in [-0.2, 0) is 15.6 Å². The summed E-state index contributed by atoms with van der Waals surface area (Å²) in [5, 5.41) is 2.75. The summed E-state index contributed by atoms with van der Waals surface area (Å²) in [5.74, 6) is 0.364. The summed E-state index contributed by atoms with van der Waals surface area (Å²) in [6.07, 6.45) is 0.334. The second-order valence-corrected chi connectivity index (χ2v) is 4.89. The summed E-state index contributed by atoms with van der Waals surface area (Å²) in [5.41, 5.74) is 1.75. The van der Waals surface area contributed by atoms with E-state index in [1.54, 1.807) is 0 Å². The molecule has 0 bridgehead atoms. The lowest BCUT2D eigenvalue weighted by atomic mass is 10.2. The molecule has 0 aliphatic carbocycles. The van der Waals surface area contributed by atoms with Crippen LogP contribution in [0, 0.1) is 6.92 Å². The van der Waals surface area contributed by atoms with Gasteiger partial charge >= 0.3 is 0 Å². The average Bonchev–Trinajstić information content (AvgIpc) is 2.29. The molecule has 1 aromatic carbocycles. The van der Waals surface area contributed by atoms with E-state index >= 15 is 0 Å². The average molecular weight is 209 g/mol. The maximum atomic E-state index is 11.7. The Morgan fingerprint density at radius 2 is 2.21 bits per heavy atom. The minimum absolute atomic E-state index is 0.0547. The van der Waals surface area contributed by atoms with Crippen LogP contribution in [0.25, 0.3) is 0 Å². The van der Waals surface area contributed by atoms with Gasteiger partial charge in [0.15, 0.2) is 0 Å². The Morgan fingerprint density at radius 3 is 3.00 bits per heavy atom. The lowest BCUT2D eigenvalue weighted by Gasteiger charge is -2.05. The number of hydrogen-bond acceptors (Lipinski definition) is 2. The first-order valence-corrected chi connectivity index (χ1v) is 5.77. The van der Waals surface area contributed by atoms with E-state index in [2.05, 4.69) is 5.32 Å². The van der Waals surface area contributed by atoms with Crippen LogP contribution in [0.15, 0.2) is 23.1 Å². The topological polar surface area (TPSA) is 46.2 Å². The predicted molar refractivity (Wildman–Crippen MR) is 55.7 cm³/mol. The highest BCUT2D eigenvalue weighted by molar-refractivity contribution is 7.85. The number of carbonyl (C=O) groups is 1. The zero-order valence-corrected chi connectivity index (χ0v) is 8.69. The molecule has 14 heavy (non-hydrogen) atoms. The fourth-order valence-electron chi connectivity index (χ4n) is 1.43. The van der Waals surface area contributed by atoms with E-state index in [-0.39, 0.29) is 5.91 Å². The van der Waals surface area contributed by atoms with Crippen LogP contribution in [0.2, 0.25) is 0 Å². The van der Waals surface area contributed by atoms with Crippen LogP contribution in [0.4, 0.5) is 5.69 Å². The highest BCUT2D eigenvalue weighted by Crippen LogP contribution is 2.24. The SMILES string of the molecule is Cc1ccc2c(c1)S(=O)CCC(=O)N2. The quantitative estimate of drug-likeness (QED) is 0.703. The van der Waals surface area contributed by atoms with E-state index in [0.29, 0.717) is 17.9 Å². The molecule has 1 heterocycles. The van der Waals surface area contributed by atoms with Crippen molar-refractivity contribution in [1.82, 2.24) is 0 Å². The smallest absolute Gasteiger partial charge is 0.225 e. The van der Waals surface area contributed by atoms with E-state index in [1.165, 1.54) is 0 Å². The first kappa shape index (κ1) is 9.40. The predicted octanol–water partition coefficient (Wildman–Crippen LogP) is 1.44. The third-order valence-electron chi connectivity index (χ3n) is 2.17. The molecular weight excluding hydrogens is 198 g/mol. The monoisotopic (exact) mass is 209 g/mol. The Bertz CT molecular complexity index is 415. The summed E-state index contributed by atoms with van der Waals surface area (Å²) in [6.45, 7) is 1.95. The molecular formula is C10H11NO2S. The molecule has 2 rings (SSSR count). The van der Waals surface area contributed by atoms with Crippen molar-refractivity contribution >= 4 is 22.4 Å². The number of carbonyl (C=O) groups excluding carboxylic acids is 1. The third kappa shape index (κ3) is 1.70. The number of benzene rings is 1. The molecule has 1 unspecified atom stereocenters. The molecule has 0 radical (unpaired) electrons. The van der Waals surface area contributed by atoms with Crippen LogP contribution in [0.1, 0.15) is 12.0 Å². The number of nitrogens with one attached hydrogen (secondary N) is 1. The van der Waals surface area contributed by atoms with Gasteiger partial charge in [0.05, 0.1) is 21.4 Å². The van der Waals surface area contributed by atoms with Crippen molar-refractivity contribution in [2.24, 2.45) is 0 Å². The Hall–Kier alpha value is -1.16. The molecule has 0 saturated heterocycles. The van der Waals surface area contributed by atoms with Gasteiger partial charge in [0.1, 0.15) is 0 Å². The van der Waals surface area contributed by atoms with Crippen molar-refractivity contribution in [3.63, 3.8) is 0 Å². The molecule has 1 aromatic rings. The summed E-state index contributed by atoms with van der Waals surface area (Å²) in [4.78, 5) is 12.0. The molecule has 0 saturated carbocycles. The van der Waals surface area contributed by atoms with E-state index in [0.717, 1.165) is 10.5 Å². The Kier molecular flexibility index (Phi) is 2.37. The van der Waals surface area contributed by atoms with Crippen molar-refractivity contribution in [3.05, 3.63) is 23.8 Å². The summed E-state index contributed by atoms with van der Waals surface area (Å²) < 4.78 is 11.7. The van der Waals surface area contributed by atoms with Gasteiger partial charge in [-0.05, 0) is 24.6 Å². The van der Waals surface area contributed by atoms with Crippen LogP contribution < -0.4 is 5.32 Å². The lowest BCUT2D eigenvalue weighted by molar-refractivity contribution is -0.115. The standard InChI is InChI=1S/C10H11NO2S/c1-7-2-3-8-9(6-7)14(13)5-4-10(12)11-8/h2-3,6H,4-5H2,1H3,(H,11,12). The van der Waals surface area contributed by atoms with Gasteiger partial charge < -0.3 is 5.32 Å². The summed E-state index contributed by atoms with van der Waals surface area (Å²) >= 11 is 0. The van der Waals surface area contributed by atoms with E-state index < -0.39 is 10.8 Å². The zero-order chi connectivity index (χ0) is 10.1. The van der Waals surface area contributed by atoms with Crippen LogP contribution in [0.3, 0.4) is 0 Å². The number of aryl methyl sites for hydroxylation is 1. The summed E-state index contributed by atoms with van der Waals surface area (Å²) in [7, 11) is -1.05. The van der Waals surface area contributed by atoms with Crippen molar-refractivity contribution in [3.8, 4) is 0 Å². The largest absolute Gasteiger partial charge is 0.325 e. The Labute approximate surface area is 85.0 Å². The van der Waals surface area contributed by atoms with Crippen molar-refractivity contribution in [1.29, 1.82) is 0 Å². The molecule has 4 heteroatoms. The molecule has 1 N–H and O–H groups in total. The Balaban J connectivity index is 2.52. The van der Waals surface area contributed by atoms with Gasteiger partial charge in [-0.2, -0.15) is 0 Å². The van der Waals surface area contributed by atoms with Crippen molar-refractivity contribution < 1.29 is 9.00 Å². The first-order chi connectivity index (χ1) is 6.66. The fourth-order valence-corrected chi connectivity index (χ4v) is 2.70. The van der Waals surface area contributed by atoms with E-state index in [4.69, 9.17) is 0 Å². The van der Waals surface area contributed by atoms with Gasteiger partial charge in [-0.25, -0.2) is 0 Å². The fraction of sp³-hybridized carbons (Fsp3) is 0.300.